The lowest BCUT2D eigenvalue weighted by molar-refractivity contribution is 0.173. The van der Waals surface area contributed by atoms with Crippen LogP contribution in [0.4, 0.5) is 4.39 Å². The summed E-state index contributed by atoms with van der Waals surface area (Å²) in [5, 5.41) is 3.40. The van der Waals surface area contributed by atoms with Crippen molar-refractivity contribution in [2.75, 3.05) is 13.1 Å². The van der Waals surface area contributed by atoms with Crippen molar-refractivity contribution in [2.24, 2.45) is 5.92 Å². The maximum absolute atomic E-state index is 13.0. The van der Waals surface area contributed by atoms with Crippen LogP contribution in [-0.2, 0) is 0 Å². The van der Waals surface area contributed by atoms with Crippen molar-refractivity contribution < 1.29 is 9.13 Å². The summed E-state index contributed by atoms with van der Waals surface area (Å²) in [6, 6.07) is 6.36. The Bertz CT molecular complexity index is 350. The number of ether oxygens (including phenoxy) is 1. The third kappa shape index (κ3) is 4.00. The fraction of sp³-hybridized carbons (Fsp3) is 0.571. The van der Waals surface area contributed by atoms with Crippen LogP contribution in [0, 0.1) is 11.7 Å². The van der Waals surface area contributed by atoms with Gasteiger partial charge in [-0.15, -0.1) is 0 Å². The van der Waals surface area contributed by atoms with Gasteiger partial charge in [0.15, 0.2) is 0 Å². The molecule has 3 heteroatoms. The van der Waals surface area contributed by atoms with Crippen LogP contribution < -0.4 is 10.1 Å². The minimum atomic E-state index is -0.242. The summed E-state index contributed by atoms with van der Waals surface area (Å²) in [6.07, 6.45) is 3.69. The van der Waals surface area contributed by atoms with E-state index in [1.54, 1.807) is 12.1 Å². The van der Waals surface area contributed by atoms with Gasteiger partial charge >= 0.3 is 0 Å². The minimum absolute atomic E-state index is 0.140. The first-order chi connectivity index (χ1) is 8.24. The predicted molar refractivity (Wildman–Crippen MR) is 66.7 cm³/mol. The van der Waals surface area contributed by atoms with E-state index in [9.17, 15) is 4.39 Å². The van der Waals surface area contributed by atoms with Crippen molar-refractivity contribution >= 4 is 0 Å². The molecule has 2 atom stereocenters. The Hall–Kier alpha value is -1.09. The van der Waals surface area contributed by atoms with Crippen molar-refractivity contribution in [1.82, 2.24) is 5.32 Å². The fourth-order valence-electron chi connectivity index (χ4n) is 2.42. The lowest BCUT2D eigenvalue weighted by Crippen LogP contribution is -2.32. The van der Waals surface area contributed by atoms with Crippen LogP contribution >= 0.6 is 0 Å². The Balaban J connectivity index is 1.82. The van der Waals surface area contributed by atoms with E-state index >= 15 is 0 Å². The quantitative estimate of drug-likeness (QED) is 0.869. The number of benzene rings is 1. The summed E-state index contributed by atoms with van der Waals surface area (Å²) in [6.45, 7) is 4.27. The Morgan fingerprint density at radius 3 is 3.12 bits per heavy atom. The molecule has 94 valence electrons. The number of hydrogen-bond acceptors (Lipinski definition) is 2. The highest BCUT2D eigenvalue weighted by Crippen LogP contribution is 2.20. The summed E-state index contributed by atoms with van der Waals surface area (Å²) >= 11 is 0. The molecule has 0 amide bonds. The second-order valence-electron chi connectivity index (χ2n) is 4.83. The molecule has 1 aromatic carbocycles. The number of rotatable bonds is 4. The van der Waals surface area contributed by atoms with Crippen LogP contribution in [0.25, 0.3) is 0 Å². The highest BCUT2D eigenvalue weighted by molar-refractivity contribution is 5.22. The number of hydrogen-bond donors (Lipinski definition) is 1. The molecule has 0 saturated carbocycles. The van der Waals surface area contributed by atoms with E-state index in [2.05, 4.69) is 12.2 Å². The zero-order chi connectivity index (χ0) is 12.1. The summed E-state index contributed by atoms with van der Waals surface area (Å²) < 4.78 is 18.7. The van der Waals surface area contributed by atoms with E-state index in [1.165, 1.54) is 25.0 Å². The normalized spacial score (nSPS) is 22.1. The fourth-order valence-corrected chi connectivity index (χ4v) is 2.42. The van der Waals surface area contributed by atoms with Crippen molar-refractivity contribution in [3.8, 4) is 5.75 Å². The molecule has 2 nitrogen and oxygen atoms in total. The number of halogens is 1. The van der Waals surface area contributed by atoms with Gasteiger partial charge in [-0.3, -0.25) is 0 Å². The van der Waals surface area contributed by atoms with Gasteiger partial charge < -0.3 is 10.1 Å². The standard InChI is InChI=1S/C14H20FNO/c1-11(8-12-4-3-7-16-10-12)17-14-6-2-5-13(15)9-14/h2,5-6,9,11-12,16H,3-4,7-8,10H2,1H3. The first-order valence-electron chi connectivity index (χ1n) is 6.37. The molecule has 1 N–H and O–H groups in total. The molecule has 1 aliphatic rings. The van der Waals surface area contributed by atoms with E-state index in [0.717, 1.165) is 19.5 Å². The number of nitrogens with one attached hydrogen (secondary N) is 1. The van der Waals surface area contributed by atoms with Crippen LogP contribution in [0.1, 0.15) is 26.2 Å². The largest absolute Gasteiger partial charge is 0.491 e. The van der Waals surface area contributed by atoms with Gasteiger partial charge in [0, 0.05) is 6.07 Å². The van der Waals surface area contributed by atoms with Crippen molar-refractivity contribution in [3.63, 3.8) is 0 Å². The highest BCUT2D eigenvalue weighted by Gasteiger charge is 2.17. The lowest BCUT2D eigenvalue weighted by Gasteiger charge is -2.25. The predicted octanol–water partition coefficient (Wildman–Crippen LogP) is 2.98. The molecule has 0 aliphatic carbocycles. The van der Waals surface area contributed by atoms with Crippen LogP contribution in [0.2, 0.25) is 0 Å². The molecule has 17 heavy (non-hydrogen) atoms. The molecule has 2 rings (SSSR count). The first kappa shape index (κ1) is 12.4. The molecule has 2 unspecified atom stereocenters. The average molecular weight is 237 g/mol. The van der Waals surface area contributed by atoms with E-state index < -0.39 is 0 Å². The van der Waals surface area contributed by atoms with Crippen molar-refractivity contribution in [1.29, 1.82) is 0 Å². The van der Waals surface area contributed by atoms with Gasteiger partial charge in [0.1, 0.15) is 11.6 Å². The third-order valence-corrected chi connectivity index (χ3v) is 3.20. The van der Waals surface area contributed by atoms with Crippen LogP contribution in [0.5, 0.6) is 5.75 Å². The van der Waals surface area contributed by atoms with E-state index in [0.29, 0.717) is 11.7 Å². The van der Waals surface area contributed by atoms with Crippen LogP contribution in [0.15, 0.2) is 24.3 Å². The molecule has 0 radical (unpaired) electrons. The monoisotopic (exact) mass is 237 g/mol. The zero-order valence-corrected chi connectivity index (χ0v) is 10.3. The topological polar surface area (TPSA) is 21.3 Å². The molecule has 1 saturated heterocycles. The molecule has 0 bridgehead atoms. The highest BCUT2D eigenvalue weighted by atomic mass is 19.1. The Morgan fingerprint density at radius 2 is 2.41 bits per heavy atom. The maximum atomic E-state index is 13.0. The third-order valence-electron chi connectivity index (χ3n) is 3.20. The van der Waals surface area contributed by atoms with E-state index in [4.69, 9.17) is 4.74 Å². The van der Waals surface area contributed by atoms with Gasteiger partial charge in [-0.25, -0.2) is 4.39 Å². The minimum Gasteiger partial charge on any atom is -0.491 e. The summed E-state index contributed by atoms with van der Waals surface area (Å²) in [4.78, 5) is 0. The molecular weight excluding hydrogens is 217 g/mol. The molecule has 1 fully saturated rings. The molecule has 1 heterocycles. The Labute approximate surface area is 102 Å². The molecule has 0 aromatic heterocycles. The lowest BCUT2D eigenvalue weighted by atomic mass is 9.94. The summed E-state index contributed by atoms with van der Waals surface area (Å²) in [5.41, 5.74) is 0. The van der Waals surface area contributed by atoms with Gasteiger partial charge in [-0.05, 0) is 57.3 Å². The second-order valence-corrected chi connectivity index (χ2v) is 4.83. The molecular formula is C14H20FNO. The summed E-state index contributed by atoms with van der Waals surface area (Å²) in [5.74, 6) is 1.07. The van der Waals surface area contributed by atoms with Crippen LogP contribution in [0.3, 0.4) is 0 Å². The van der Waals surface area contributed by atoms with Gasteiger partial charge in [0.05, 0.1) is 6.10 Å². The molecule has 0 spiro atoms. The van der Waals surface area contributed by atoms with E-state index in [1.807, 2.05) is 0 Å². The molecule has 1 aliphatic heterocycles. The smallest absolute Gasteiger partial charge is 0.126 e. The molecule has 1 aromatic rings. The van der Waals surface area contributed by atoms with Gasteiger partial charge in [0.25, 0.3) is 0 Å². The van der Waals surface area contributed by atoms with Crippen LogP contribution in [-0.4, -0.2) is 19.2 Å². The van der Waals surface area contributed by atoms with Gasteiger partial charge in [-0.1, -0.05) is 6.07 Å². The van der Waals surface area contributed by atoms with Crippen molar-refractivity contribution in [2.45, 2.75) is 32.3 Å². The number of piperidine rings is 1. The zero-order valence-electron chi connectivity index (χ0n) is 10.3. The summed E-state index contributed by atoms with van der Waals surface area (Å²) in [7, 11) is 0. The van der Waals surface area contributed by atoms with Gasteiger partial charge in [0.2, 0.25) is 0 Å². The first-order valence-corrected chi connectivity index (χ1v) is 6.37. The second kappa shape index (κ2) is 6.01. The SMILES string of the molecule is CC(CC1CCCNC1)Oc1cccc(F)c1. The maximum Gasteiger partial charge on any atom is 0.126 e. The van der Waals surface area contributed by atoms with Crippen molar-refractivity contribution in [3.05, 3.63) is 30.1 Å². The Kier molecular flexibility index (Phi) is 4.37. The van der Waals surface area contributed by atoms with E-state index in [-0.39, 0.29) is 11.9 Å². The Morgan fingerprint density at radius 1 is 1.53 bits per heavy atom. The average Bonchev–Trinajstić information content (AvgIpc) is 2.30. The van der Waals surface area contributed by atoms with Gasteiger partial charge in [-0.2, -0.15) is 0 Å².